The fourth-order valence-electron chi connectivity index (χ4n) is 2.95. The molecule has 0 radical (unpaired) electrons. The highest BCUT2D eigenvalue weighted by atomic mass is 19.1. The van der Waals surface area contributed by atoms with E-state index >= 15 is 0 Å². The molecule has 1 amide bonds. The summed E-state index contributed by atoms with van der Waals surface area (Å²) < 4.78 is 13.0. The van der Waals surface area contributed by atoms with Crippen LogP contribution in [0.5, 0.6) is 0 Å². The van der Waals surface area contributed by atoms with Crippen LogP contribution in [-0.4, -0.2) is 32.2 Å². The van der Waals surface area contributed by atoms with E-state index in [1.807, 2.05) is 19.9 Å². The Morgan fingerprint density at radius 3 is 2.80 bits per heavy atom. The second kappa shape index (κ2) is 5.51. The molecule has 0 saturated heterocycles. The fourth-order valence-corrected chi connectivity index (χ4v) is 2.95. The lowest BCUT2D eigenvalue weighted by Crippen LogP contribution is -2.15. The van der Waals surface area contributed by atoms with E-state index in [9.17, 15) is 9.18 Å². The largest absolute Gasteiger partial charge is 0.383 e. The van der Waals surface area contributed by atoms with Crippen LogP contribution >= 0.6 is 0 Å². The molecule has 7 nitrogen and oxygen atoms in total. The van der Waals surface area contributed by atoms with Crippen LogP contribution < -0.4 is 11.1 Å². The maximum absolute atomic E-state index is 13.0. The second-order valence-electron chi connectivity index (χ2n) is 6.34. The maximum atomic E-state index is 13.0. The van der Waals surface area contributed by atoms with Gasteiger partial charge in [0.05, 0.1) is 17.3 Å². The molecule has 3 aromatic heterocycles. The van der Waals surface area contributed by atoms with Crippen molar-refractivity contribution in [1.82, 2.24) is 20.2 Å². The third-order valence-corrected chi connectivity index (χ3v) is 4.43. The number of aromatic nitrogens is 4. The van der Waals surface area contributed by atoms with Crippen LogP contribution in [0.1, 0.15) is 17.8 Å². The van der Waals surface area contributed by atoms with Gasteiger partial charge in [-0.2, -0.15) is 5.10 Å². The van der Waals surface area contributed by atoms with Crippen molar-refractivity contribution in [2.75, 3.05) is 11.1 Å². The van der Waals surface area contributed by atoms with Gasteiger partial charge in [0, 0.05) is 22.8 Å². The number of pyridine rings is 2. The number of hydrogen-bond acceptors (Lipinski definition) is 5. The summed E-state index contributed by atoms with van der Waals surface area (Å²) in [7, 11) is 0. The molecule has 0 bridgehead atoms. The van der Waals surface area contributed by atoms with Gasteiger partial charge in [-0.05, 0) is 37.8 Å². The number of hydrogen-bond donors (Lipinski definition) is 3. The van der Waals surface area contributed by atoms with E-state index in [1.165, 1.54) is 0 Å². The number of halogens is 1. The van der Waals surface area contributed by atoms with Gasteiger partial charge in [-0.25, -0.2) is 14.4 Å². The van der Waals surface area contributed by atoms with Crippen molar-refractivity contribution in [2.45, 2.75) is 26.4 Å². The van der Waals surface area contributed by atoms with Crippen LogP contribution in [0.3, 0.4) is 0 Å². The molecule has 8 heteroatoms. The summed E-state index contributed by atoms with van der Waals surface area (Å²) in [6.07, 6.45) is 0.796. The SMILES string of the molecule is Cc1n[nH]c(C)c1-c1cc2cc(NC(=O)C3C[C@H]3F)ncc2c(N)n1. The van der Waals surface area contributed by atoms with Crippen molar-refractivity contribution in [3.05, 3.63) is 29.7 Å². The lowest BCUT2D eigenvalue weighted by molar-refractivity contribution is -0.117. The van der Waals surface area contributed by atoms with E-state index < -0.39 is 12.1 Å². The topological polar surface area (TPSA) is 110 Å². The molecule has 0 aromatic carbocycles. The van der Waals surface area contributed by atoms with Crippen LogP contribution in [0.25, 0.3) is 22.0 Å². The molecular weight excluding hydrogens is 323 g/mol. The van der Waals surface area contributed by atoms with E-state index in [4.69, 9.17) is 5.73 Å². The second-order valence-corrected chi connectivity index (χ2v) is 6.34. The Morgan fingerprint density at radius 2 is 2.16 bits per heavy atom. The third-order valence-electron chi connectivity index (χ3n) is 4.43. The summed E-state index contributed by atoms with van der Waals surface area (Å²) in [5.41, 5.74) is 9.39. The summed E-state index contributed by atoms with van der Waals surface area (Å²) >= 11 is 0. The highest BCUT2D eigenvalue weighted by Gasteiger charge is 2.43. The average Bonchev–Trinajstić information content (AvgIpc) is 3.20. The summed E-state index contributed by atoms with van der Waals surface area (Å²) in [6, 6.07) is 3.60. The van der Waals surface area contributed by atoms with E-state index in [-0.39, 0.29) is 12.3 Å². The quantitative estimate of drug-likeness (QED) is 0.679. The van der Waals surface area contributed by atoms with Crippen LogP contribution in [-0.2, 0) is 4.79 Å². The van der Waals surface area contributed by atoms with Gasteiger partial charge < -0.3 is 11.1 Å². The maximum Gasteiger partial charge on any atom is 0.231 e. The van der Waals surface area contributed by atoms with Gasteiger partial charge in [-0.15, -0.1) is 0 Å². The number of amides is 1. The minimum absolute atomic E-state index is 0.277. The first-order valence-corrected chi connectivity index (χ1v) is 7.97. The minimum Gasteiger partial charge on any atom is -0.383 e. The lowest BCUT2D eigenvalue weighted by atomic mass is 10.1. The van der Waals surface area contributed by atoms with Crippen molar-refractivity contribution < 1.29 is 9.18 Å². The molecule has 0 aliphatic heterocycles. The predicted molar refractivity (Wildman–Crippen MR) is 92.6 cm³/mol. The van der Waals surface area contributed by atoms with Gasteiger partial charge in [0.15, 0.2) is 0 Å². The summed E-state index contributed by atoms with van der Waals surface area (Å²) in [5, 5.41) is 11.2. The molecule has 2 atom stereocenters. The number of carbonyl (C=O) groups excluding carboxylic acids is 1. The molecule has 3 aromatic rings. The molecule has 1 saturated carbocycles. The Labute approximate surface area is 142 Å². The smallest absolute Gasteiger partial charge is 0.231 e. The number of rotatable bonds is 3. The fraction of sp³-hybridized carbons (Fsp3) is 0.294. The first kappa shape index (κ1) is 15.5. The van der Waals surface area contributed by atoms with Crippen molar-refractivity contribution >= 4 is 28.3 Å². The number of nitrogens with two attached hydrogens (primary N) is 1. The van der Waals surface area contributed by atoms with Gasteiger partial charge in [0.2, 0.25) is 5.91 Å². The number of aryl methyl sites for hydroxylation is 2. The highest BCUT2D eigenvalue weighted by Crippen LogP contribution is 2.35. The Balaban J connectivity index is 1.74. The highest BCUT2D eigenvalue weighted by molar-refractivity contribution is 5.98. The Kier molecular flexibility index (Phi) is 3.41. The number of H-pyrrole nitrogens is 1. The summed E-state index contributed by atoms with van der Waals surface area (Å²) in [6.45, 7) is 3.81. The van der Waals surface area contributed by atoms with Gasteiger partial charge in [-0.1, -0.05) is 0 Å². The van der Waals surface area contributed by atoms with E-state index in [0.717, 1.165) is 22.3 Å². The van der Waals surface area contributed by atoms with Crippen molar-refractivity contribution in [3.63, 3.8) is 0 Å². The zero-order chi connectivity index (χ0) is 17.7. The van der Waals surface area contributed by atoms with Gasteiger partial charge in [0.1, 0.15) is 17.8 Å². The van der Waals surface area contributed by atoms with Gasteiger partial charge >= 0.3 is 0 Å². The van der Waals surface area contributed by atoms with Crippen LogP contribution in [0.4, 0.5) is 16.0 Å². The van der Waals surface area contributed by atoms with Gasteiger partial charge in [-0.3, -0.25) is 9.89 Å². The van der Waals surface area contributed by atoms with E-state index in [2.05, 4.69) is 25.5 Å². The molecular formula is C17H17FN6O. The van der Waals surface area contributed by atoms with Crippen LogP contribution in [0.15, 0.2) is 18.3 Å². The molecule has 1 aliphatic rings. The Morgan fingerprint density at radius 1 is 1.40 bits per heavy atom. The molecule has 1 fully saturated rings. The van der Waals surface area contributed by atoms with Crippen molar-refractivity contribution in [1.29, 1.82) is 0 Å². The number of nitrogen functional groups attached to an aromatic ring is 1. The summed E-state index contributed by atoms with van der Waals surface area (Å²) in [5.74, 6) is -0.187. The Hall–Kier alpha value is -3.03. The number of carbonyl (C=O) groups is 1. The molecule has 1 aliphatic carbocycles. The molecule has 4 rings (SSSR count). The molecule has 25 heavy (non-hydrogen) atoms. The molecule has 4 N–H and O–H groups in total. The first-order valence-electron chi connectivity index (χ1n) is 7.97. The lowest BCUT2D eigenvalue weighted by Gasteiger charge is -2.09. The monoisotopic (exact) mass is 340 g/mol. The zero-order valence-corrected chi connectivity index (χ0v) is 13.8. The normalized spacial score (nSPS) is 19.2. The standard InChI is InChI=1S/C17H17FN6O/c1-7-15(8(2)24-23-7)13-3-9-4-14(20-6-11(9)16(19)21-13)22-17(25)10-5-12(10)18/h3-4,6,10,12H,5H2,1-2H3,(H2,19,21)(H,23,24)(H,20,22,25)/t10?,12-/m1/s1. The van der Waals surface area contributed by atoms with Crippen LogP contribution in [0, 0.1) is 19.8 Å². The molecule has 0 spiro atoms. The van der Waals surface area contributed by atoms with Crippen molar-refractivity contribution in [3.8, 4) is 11.3 Å². The van der Waals surface area contributed by atoms with Crippen molar-refractivity contribution in [2.24, 2.45) is 5.92 Å². The summed E-state index contributed by atoms with van der Waals surface area (Å²) in [4.78, 5) is 20.5. The van der Waals surface area contributed by atoms with Crippen LogP contribution in [0.2, 0.25) is 0 Å². The zero-order valence-electron chi connectivity index (χ0n) is 13.8. The number of anilines is 2. The first-order chi connectivity index (χ1) is 11.9. The number of fused-ring (bicyclic) bond motifs is 1. The number of nitrogens with zero attached hydrogens (tertiary/aromatic N) is 3. The number of aromatic amines is 1. The minimum atomic E-state index is -1.04. The third kappa shape index (κ3) is 2.69. The van der Waals surface area contributed by atoms with E-state index in [1.54, 1.807) is 12.3 Å². The number of nitrogens with one attached hydrogen (secondary N) is 2. The molecule has 3 heterocycles. The number of alkyl halides is 1. The predicted octanol–water partition coefficient (Wildman–Crippen LogP) is 2.52. The molecule has 1 unspecified atom stereocenters. The van der Waals surface area contributed by atoms with Gasteiger partial charge in [0.25, 0.3) is 0 Å². The average molecular weight is 340 g/mol. The molecule has 128 valence electrons. The Bertz CT molecular complexity index is 979. The van der Waals surface area contributed by atoms with E-state index in [0.29, 0.717) is 22.7 Å².